The molecule has 4 aromatic carbocycles. The van der Waals surface area contributed by atoms with Gasteiger partial charge in [0, 0.05) is 33.5 Å². The molecule has 6 aromatic rings. The minimum Gasteiger partial charge on any atom is -0.508 e. The number of benzene rings is 4. The van der Waals surface area contributed by atoms with E-state index in [2.05, 4.69) is 83.6 Å². The van der Waals surface area contributed by atoms with Crippen LogP contribution in [0.3, 0.4) is 0 Å². The number of hydrogen-bond acceptors (Lipinski definition) is 2. The van der Waals surface area contributed by atoms with Crippen molar-refractivity contribution >= 4 is 21.8 Å². The number of aryl methyl sites for hydroxylation is 2. The van der Waals surface area contributed by atoms with Gasteiger partial charge in [0.25, 0.3) is 0 Å². The maximum Gasteiger partial charge on any atom is 0.119 e. The second-order valence-corrected chi connectivity index (χ2v) is 8.57. The van der Waals surface area contributed by atoms with Crippen molar-refractivity contribution in [2.45, 2.75) is 13.8 Å². The van der Waals surface area contributed by atoms with E-state index >= 15 is 0 Å². The van der Waals surface area contributed by atoms with Crippen LogP contribution < -0.4 is 4.74 Å². The number of para-hydroxylation sites is 2. The van der Waals surface area contributed by atoms with Gasteiger partial charge in [0.2, 0.25) is 0 Å². The molecule has 0 aliphatic carbocycles. The number of ether oxygens (including phenoxy) is 1. The van der Waals surface area contributed by atoms with Crippen molar-refractivity contribution in [3.63, 3.8) is 0 Å². The van der Waals surface area contributed by atoms with E-state index < -0.39 is 0 Å². The Morgan fingerprint density at radius 2 is 1.00 bits per heavy atom. The van der Waals surface area contributed by atoms with Gasteiger partial charge in [-0.3, -0.25) is 0 Å². The number of phenols is 1. The molecular formula is C31H28N2O2. The van der Waals surface area contributed by atoms with Crippen LogP contribution in [-0.4, -0.2) is 21.4 Å². The summed E-state index contributed by atoms with van der Waals surface area (Å²) in [6, 6.07) is 36.5. The Hall–Kier alpha value is -4.44. The highest BCUT2D eigenvalue weighted by Crippen LogP contribution is 2.26. The highest BCUT2D eigenvalue weighted by molar-refractivity contribution is 5.84. The lowest BCUT2D eigenvalue weighted by atomic mass is 10.2. The molecule has 0 aliphatic rings. The summed E-state index contributed by atoms with van der Waals surface area (Å²) in [5.74, 6) is 1.18. The molecule has 0 aliphatic heterocycles. The van der Waals surface area contributed by atoms with E-state index in [1.807, 2.05) is 36.4 Å². The van der Waals surface area contributed by atoms with Crippen LogP contribution in [0.25, 0.3) is 33.2 Å². The SMILES string of the molecule is COc1ccc(-n2c(C)cc3ccccc32)cc1.Cc1cc2ccccc2n1-c1ccc(O)cc1. The van der Waals surface area contributed by atoms with E-state index in [1.54, 1.807) is 19.2 Å². The lowest BCUT2D eigenvalue weighted by molar-refractivity contribution is 0.415. The van der Waals surface area contributed by atoms with Crippen molar-refractivity contribution in [3.8, 4) is 22.9 Å². The largest absolute Gasteiger partial charge is 0.508 e. The highest BCUT2D eigenvalue weighted by atomic mass is 16.5. The number of methoxy groups -OCH3 is 1. The Bertz CT molecular complexity index is 1590. The first-order valence-electron chi connectivity index (χ1n) is 11.6. The second-order valence-electron chi connectivity index (χ2n) is 8.57. The molecule has 0 amide bonds. The van der Waals surface area contributed by atoms with Gasteiger partial charge in [0.1, 0.15) is 11.5 Å². The quantitative estimate of drug-likeness (QED) is 0.295. The molecular weight excluding hydrogens is 432 g/mol. The van der Waals surface area contributed by atoms with Crippen LogP contribution in [0.4, 0.5) is 0 Å². The molecule has 0 atom stereocenters. The number of phenolic OH excluding ortho intramolecular Hbond substituents is 1. The molecule has 0 fully saturated rings. The van der Waals surface area contributed by atoms with E-state index in [0.717, 1.165) is 17.1 Å². The van der Waals surface area contributed by atoms with Crippen LogP contribution in [0.5, 0.6) is 11.5 Å². The van der Waals surface area contributed by atoms with Crippen LogP contribution in [0, 0.1) is 13.8 Å². The first kappa shape index (κ1) is 22.4. The van der Waals surface area contributed by atoms with Crippen molar-refractivity contribution in [1.29, 1.82) is 0 Å². The van der Waals surface area contributed by atoms with Crippen LogP contribution in [0.2, 0.25) is 0 Å². The van der Waals surface area contributed by atoms with Crippen molar-refractivity contribution in [2.75, 3.05) is 7.11 Å². The van der Waals surface area contributed by atoms with Gasteiger partial charge < -0.3 is 19.0 Å². The first-order valence-corrected chi connectivity index (χ1v) is 11.6. The Morgan fingerprint density at radius 1 is 0.571 bits per heavy atom. The summed E-state index contributed by atoms with van der Waals surface area (Å²) in [6.45, 7) is 4.22. The smallest absolute Gasteiger partial charge is 0.119 e. The van der Waals surface area contributed by atoms with Crippen LogP contribution >= 0.6 is 0 Å². The molecule has 1 N–H and O–H groups in total. The van der Waals surface area contributed by atoms with Gasteiger partial charge in [0.15, 0.2) is 0 Å². The third kappa shape index (κ3) is 4.38. The second kappa shape index (κ2) is 9.43. The summed E-state index contributed by atoms with van der Waals surface area (Å²) < 4.78 is 9.64. The summed E-state index contributed by atoms with van der Waals surface area (Å²) >= 11 is 0. The molecule has 0 unspecified atom stereocenters. The summed E-state index contributed by atoms with van der Waals surface area (Å²) in [5.41, 5.74) is 7.09. The first-order chi connectivity index (χ1) is 17.0. The lowest BCUT2D eigenvalue weighted by Gasteiger charge is -2.09. The fourth-order valence-electron chi connectivity index (χ4n) is 4.60. The maximum atomic E-state index is 9.33. The van der Waals surface area contributed by atoms with E-state index in [1.165, 1.54) is 33.2 Å². The molecule has 6 rings (SSSR count). The van der Waals surface area contributed by atoms with Crippen LogP contribution in [0.15, 0.2) is 109 Å². The molecule has 4 nitrogen and oxygen atoms in total. The number of fused-ring (bicyclic) bond motifs is 2. The third-order valence-electron chi connectivity index (χ3n) is 6.23. The molecule has 0 spiro atoms. The molecule has 0 bridgehead atoms. The Kier molecular flexibility index (Phi) is 6.02. The van der Waals surface area contributed by atoms with Crippen molar-refractivity contribution in [3.05, 3.63) is 121 Å². The van der Waals surface area contributed by atoms with Gasteiger partial charge in [-0.15, -0.1) is 0 Å². The normalized spacial score (nSPS) is 10.8. The average Bonchev–Trinajstić information content (AvgIpc) is 3.40. The number of aromatic nitrogens is 2. The van der Waals surface area contributed by atoms with Crippen molar-refractivity contribution in [2.24, 2.45) is 0 Å². The number of rotatable bonds is 3. The van der Waals surface area contributed by atoms with Gasteiger partial charge in [0.05, 0.1) is 18.1 Å². The number of hydrogen-bond donors (Lipinski definition) is 1. The predicted molar refractivity (Wildman–Crippen MR) is 144 cm³/mol. The summed E-state index contributed by atoms with van der Waals surface area (Å²) in [4.78, 5) is 0. The van der Waals surface area contributed by atoms with Crippen molar-refractivity contribution < 1.29 is 9.84 Å². The zero-order valence-electron chi connectivity index (χ0n) is 20.1. The molecule has 0 radical (unpaired) electrons. The molecule has 4 heteroatoms. The molecule has 0 saturated heterocycles. The monoisotopic (exact) mass is 460 g/mol. The van der Waals surface area contributed by atoms with Gasteiger partial charge in [-0.05, 0) is 86.6 Å². The summed E-state index contributed by atoms with van der Waals surface area (Å²) in [7, 11) is 1.69. The van der Waals surface area contributed by atoms with Crippen LogP contribution in [-0.2, 0) is 0 Å². The Labute approximate surface area is 205 Å². The van der Waals surface area contributed by atoms with E-state index in [9.17, 15) is 5.11 Å². The lowest BCUT2D eigenvalue weighted by Crippen LogP contribution is -1.95. The minimum absolute atomic E-state index is 0.294. The fourth-order valence-corrected chi connectivity index (χ4v) is 4.60. The van der Waals surface area contributed by atoms with Crippen molar-refractivity contribution in [1.82, 2.24) is 9.13 Å². The molecule has 35 heavy (non-hydrogen) atoms. The zero-order chi connectivity index (χ0) is 24.4. The molecule has 2 heterocycles. The van der Waals surface area contributed by atoms with Gasteiger partial charge >= 0.3 is 0 Å². The maximum absolute atomic E-state index is 9.33. The molecule has 2 aromatic heterocycles. The summed E-state index contributed by atoms with van der Waals surface area (Å²) in [6.07, 6.45) is 0. The molecule has 0 saturated carbocycles. The number of nitrogens with zero attached hydrogens (tertiary/aromatic N) is 2. The fraction of sp³-hybridized carbons (Fsp3) is 0.0968. The van der Waals surface area contributed by atoms with E-state index in [0.29, 0.717) is 5.75 Å². The van der Waals surface area contributed by atoms with Gasteiger partial charge in [-0.1, -0.05) is 36.4 Å². The van der Waals surface area contributed by atoms with Gasteiger partial charge in [-0.2, -0.15) is 0 Å². The van der Waals surface area contributed by atoms with Crippen LogP contribution in [0.1, 0.15) is 11.4 Å². The Morgan fingerprint density at radius 3 is 1.46 bits per heavy atom. The zero-order valence-corrected chi connectivity index (χ0v) is 20.1. The van der Waals surface area contributed by atoms with E-state index in [-0.39, 0.29) is 0 Å². The Balaban J connectivity index is 0.000000145. The third-order valence-corrected chi connectivity index (χ3v) is 6.23. The predicted octanol–water partition coefficient (Wildman–Crippen LogP) is 7.59. The average molecular weight is 461 g/mol. The highest BCUT2D eigenvalue weighted by Gasteiger charge is 2.07. The topological polar surface area (TPSA) is 39.3 Å². The molecule has 174 valence electrons. The number of aromatic hydroxyl groups is 1. The van der Waals surface area contributed by atoms with E-state index in [4.69, 9.17) is 4.74 Å². The summed E-state index contributed by atoms with van der Waals surface area (Å²) in [5, 5.41) is 11.8. The van der Waals surface area contributed by atoms with Gasteiger partial charge in [-0.25, -0.2) is 0 Å². The standard InChI is InChI=1S/C16H15NO.C15H13NO/c1-12-11-13-5-3-4-6-16(13)17(12)14-7-9-15(18-2)10-8-14;1-11-10-12-4-2-3-5-15(12)16(11)13-6-8-14(17)9-7-13/h3-11H,1-2H3;2-10,17H,1H3. The minimum atomic E-state index is 0.294.